The Labute approximate surface area is 134 Å². The number of amides is 2. The number of carbonyl (C=O) groups excluding carboxylic acids is 2. The van der Waals surface area contributed by atoms with Gasteiger partial charge in [-0.15, -0.1) is 0 Å². The molecule has 0 aromatic heterocycles. The number of hydrogen-bond acceptors (Lipinski definition) is 6. The largest absolute Gasteiger partial charge is 0.508 e. The first-order valence-electron chi connectivity index (χ1n) is 7.41. The minimum atomic E-state index is -0.853. The van der Waals surface area contributed by atoms with Crippen molar-refractivity contribution in [1.82, 2.24) is 10.2 Å². The third-order valence-corrected chi connectivity index (χ3v) is 3.38. The van der Waals surface area contributed by atoms with Gasteiger partial charge in [-0.2, -0.15) is 0 Å². The first-order valence-corrected chi connectivity index (χ1v) is 7.41. The predicted molar refractivity (Wildman–Crippen MR) is 83.0 cm³/mol. The van der Waals surface area contributed by atoms with Crippen molar-refractivity contribution in [2.75, 3.05) is 44.7 Å². The van der Waals surface area contributed by atoms with Crippen molar-refractivity contribution in [3.8, 4) is 5.75 Å². The second-order valence-corrected chi connectivity index (χ2v) is 5.28. The summed E-state index contributed by atoms with van der Waals surface area (Å²) in [7, 11) is 0. The van der Waals surface area contributed by atoms with Crippen LogP contribution in [0.5, 0.6) is 5.75 Å². The lowest BCUT2D eigenvalue weighted by atomic mass is 10.3. The minimum absolute atomic E-state index is 0.0101. The molecule has 0 saturated carbocycles. The SMILES string of the molecule is O=C(NC[C@@H](O)CN1CCOCC1)C(=O)Nc1cccc(O)c1. The molecule has 1 aromatic rings. The normalized spacial score (nSPS) is 16.6. The highest BCUT2D eigenvalue weighted by Crippen LogP contribution is 2.14. The van der Waals surface area contributed by atoms with Crippen molar-refractivity contribution in [1.29, 1.82) is 0 Å². The number of rotatable bonds is 5. The second-order valence-electron chi connectivity index (χ2n) is 5.28. The number of nitrogens with zero attached hydrogens (tertiary/aromatic N) is 1. The van der Waals surface area contributed by atoms with Crippen molar-refractivity contribution < 1.29 is 24.5 Å². The number of β-amino-alcohol motifs (C(OH)–C–C–N with tert-alkyl or cyclic N) is 1. The molecule has 1 aliphatic heterocycles. The minimum Gasteiger partial charge on any atom is -0.508 e. The van der Waals surface area contributed by atoms with Gasteiger partial charge >= 0.3 is 11.8 Å². The zero-order valence-corrected chi connectivity index (χ0v) is 12.7. The van der Waals surface area contributed by atoms with E-state index >= 15 is 0 Å². The Morgan fingerprint density at radius 2 is 2.00 bits per heavy atom. The van der Waals surface area contributed by atoms with Crippen molar-refractivity contribution in [2.24, 2.45) is 0 Å². The Bertz CT molecular complexity index is 546. The van der Waals surface area contributed by atoms with E-state index in [4.69, 9.17) is 4.74 Å². The van der Waals surface area contributed by atoms with Gasteiger partial charge in [-0.3, -0.25) is 14.5 Å². The zero-order chi connectivity index (χ0) is 16.7. The smallest absolute Gasteiger partial charge is 0.313 e. The van der Waals surface area contributed by atoms with Gasteiger partial charge in [-0.1, -0.05) is 6.07 Å². The molecule has 1 saturated heterocycles. The van der Waals surface area contributed by atoms with Crippen LogP contribution in [0.4, 0.5) is 5.69 Å². The van der Waals surface area contributed by atoms with Crippen LogP contribution in [0.2, 0.25) is 0 Å². The average molecular weight is 323 g/mol. The van der Waals surface area contributed by atoms with Gasteiger partial charge in [0.15, 0.2) is 0 Å². The molecule has 2 rings (SSSR count). The molecule has 0 radical (unpaired) electrons. The molecule has 8 heteroatoms. The molecule has 0 bridgehead atoms. The Hall–Kier alpha value is -2.16. The molecule has 0 spiro atoms. The third-order valence-electron chi connectivity index (χ3n) is 3.38. The molecule has 0 aliphatic carbocycles. The van der Waals surface area contributed by atoms with E-state index in [-0.39, 0.29) is 12.3 Å². The first-order chi connectivity index (χ1) is 11.0. The lowest BCUT2D eigenvalue weighted by Gasteiger charge is -2.28. The van der Waals surface area contributed by atoms with E-state index in [0.717, 1.165) is 13.1 Å². The van der Waals surface area contributed by atoms with Gasteiger partial charge in [0, 0.05) is 37.9 Å². The van der Waals surface area contributed by atoms with E-state index in [1.165, 1.54) is 12.1 Å². The number of phenols is 1. The average Bonchev–Trinajstić information content (AvgIpc) is 2.53. The number of aromatic hydroxyl groups is 1. The molecule has 2 amide bonds. The van der Waals surface area contributed by atoms with E-state index in [9.17, 15) is 19.8 Å². The number of carbonyl (C=O) groups is 2. The number of benzene rings is 1. The lowest BCUT2D eigenvalue weighted by Crippen LogP contribution is -2.46. The summed E-state index contributed by atoms with van der Waals surface area (Å²) >= 11 is 0. The highest BCUT2D eigenvalue weighted by atomic mass is 16.5. The molecule has 1 aliphatic rings. The Morgan fingerprint density at radius 3 is 2.70 bits per heavy atom. The number of nitrogens with one attached hydrogen (secondary N) is 2. The molecule has 126 valence electrons. The number of morpholine rings is 1. The van der Waals surface area contributed by atoms with Gasteiger partial charge in [0.25, 0.3) is 0 Å². The Morgan fingerprint density at radius 1 is 1.26 bits per heavy atom. The molecular formula is C15H21N3O5. The molecule has 23 heavy (non-hydrogen) atoms. The maximum Gasteiger partial charge on any atom is 0.313 e. The van der Waals surface area contributed by atoms with Crippen LogP contribution in [0.25, 0.3) is 0 Å². The number of ether oxygens (including phenoxy) is 1. The van der Waals surface area contributed by atoms with E-state index < -0.39 is 17.9 Å². The zero-order valence-electron chi connectivity index (χ0n) is 12.7. The van der Waals surface area contributed by atoms with Crippen LogP contribution < -0.4 is 10.6 Å². The van der Waals surface area contributed by atoms with Crippen LogP contribution in [0.3, 0.4) is 0 Å². The summed E-state index contributed by atoms with van der Waals surface area (Å²) in [6.45, 7) is 3.14. The van der Waals surface area contributed by atoms with Gasteiger partial charge in [-0.25, -0.2) is 0 Å². The van der Waals surface area contributed by atoms with Crippen LogP contribution in [0.1, 0.15) is 0 Å². The van der Waals surface area contributed by atoms with E-state index in [1.54, 1.807) is 12.1 Å². The molecule has 1 atom stereocenters. The Kier molecular flexibility index (Phi) is 6.33. The van der Waals surface area contributed by atoms with Crippen LogP contribution in [-0.2, 0) is 14.3 Å². The number of hydrogen-bond donors (Lipinski definition) is 4. The maximum absolute atomic E-state index is 11.7. The molecule has 1 heterocycles. The highest BCUT2D eigenvalue weighted by molar-refractivity contribution is 6.39. The van der Waals surface area contributed by atoms with Crippen molar-refractivity contribution in [3.05, 3.63) is 24.3 Å². The van der Waals surface area contributed by atoms with Gasteiger partial charge in [-0.05, 0) is 12.1 Å². The van der Waals surface area contributed by atoms with Crippen LogP contribution >= 0.6 is 0 Å². The third kappa shape index (κ3) is 5.85. The number of phenolic OH excluding ortho intramolecular Hbond substituents is 1. The fraction of sp³-hybridized carbons (Fsp3) is 0.467. The Balaban J connectivity index is 1.71. The fourth-order valence-electron chi connectivity index (χ4n) is 2.21. The van der Waals surface area contributed by atoms with Gasteiger partial charge < -0.3 is 25.6 Å². The van der Waals surface area contributed by atoms with Gasteiger partial charge in [0.2, 0.25) is 0 Å². The topological polar surface area (TPSA) is 111 Å². The summed E-state index contributed by atoms with van der Waals surface area (Å²) in [6, 6.07) is 5.89. The van der Waals surface area contributed by atoms with Crippen molar-refractivity contribution >= 4 is 17.5 Å². The quantitative estimate of drug-likeness (QED) is 0.525. The van der Waals surface area contributed by atoms with Crippen molar-refractivity contribution in [2.45, 2.75) is 6.10 Å². The molecular weight excluding hydrogens is 302 g/mol. The lowest BCUT2D eigenvalue weighted by molar-refractivity contribution is -0.136. The molecule has 1 aromatic carbocycles. The first kappa shape index (κ1) is 17.2. The van der Waals surface area contributed by atoms with Crippen LogP contribution in [-0.4, -0.2) is 72.4 Å². The van der Waals surface area contributed by atoms with E-state index in [0.29, 0.717) is 25.4 Å². The molecule has 4 N–H and O–H groups in total. The standard InChI is InChI=1S/C15H21N3O5/c19-12-3-1-2-11(8-12)17-15(22)14(21)16-9-13(20)10-18-4-6-23-7-5-18/h1-3,8,13,19-20H,4-7,9-10H2,(H,16,21)(H,17,22)/t13-/m1/s1. The molecule has 0 unspecified atom stereocenters. The summed E-state index contributed by atoms with van der Waals surface area (Å²) in [5.74, 6) is -1.70. The van der Waals surface area contributed by atoms with Gasteiger partial charge in [0.1, 0.15) is 5.75 Å². The summed E-state index contributed by atoms with van der Waals surface area (Å²) in [5.41, 5.74) is 0.319. The monoisotopic (exact) mass is 323 g/mol. The van der Waals surface area contributed by atoms with Crippen LogP contribution in [0.15, 0.2) is 24.3 Å². The number of aliphatic hydroxyl groups excluding tert-OH is 1. The number of aliphatic hydroxyl groups is 1. The van der Waals surface area contributed by atoms with E-state index in [1.807, 2.05) is 4.90 Å². The summed E-state index contributed by atoms with van der Waals surface area (Å²) in [5, 5.41) is 23.9. The fourth-order valence-corrected chi connectivity index (χ4v) is 2.21. The maximum atomic E-state index is 11.7. The number of anilines is 1. The van der Waals surface area contributed by atoms with Gasteiger partial charge in [0.05, 0.1) is 19.3 Å². The van der Waals surface area contributed by atoms with Crippen LogP contribution in [0, 0.1) is 0 Å². The summed E-state index contributed by atoms with van der Waals surface area (Å²) < 4.78 is 5.21. The second kappa shape index (κ2) is 8.47. The summed E-state index contributed by atoms with van der Waals surface area (Å²) in [6.07, 6.45) is -0.759. The predicted octanol–water partition coefficient (Wildman–Crippen LogP) is -0.860. The van der Waals surface area contributed by atoms with E-state index in [2.05, 4.69) is 10.6 Å². The van der Waals surface area contributed by atoms with Crippen molar-refractivity contribution in [3.63, 3.8) is 0 Å². The molecule has 8 nitrogen and oxygen atoms in total. The highest BCUT2D eigenvalue weighted by Gasteiger charge is 2.18. The summed E-state index contributed by atoms with van der Waals surface area (Å²) in [4.78, 5) is 25.4. The molecule has 1 fully saturated rings.